The number of H-pyrrole nitrogens is 1. The molecule has 0 aliphatic rings. The van der Waals surface area contributed by atoms with Gasteiger partial charge in [0.05, 0.1) is 27.4 Å². The van der Waals surface area contributed by atoms with Crippen molar-refractivity contribution in [1.82, 2.24) is 10.2 Å². The Kier molecular flexibility index (Phi) is 2.85. The molecule has 2 rings (SSSR count). The number of hydrogen-bond acceptors (Lipinski definition) is 3. The summed E-state index contributed by atoms with van der Waals surface area (Å²) >= 11 is 11.6. The van der Waals surface area contributed by atoms with E-state index in [4.69, 9.17) is 23.2 Å². The van der Waals surface area contributed by atoms with Crippen molar-refractivity contribution < 1.29 is 9.90 Å². The number of rotatable bonds is 2. The Morgan fingerprint density at radius 1 is 1.25 bits per heavy atom. The molecule has 0 bridgehead atoms. The van der Waals surface area contributed by atoms with Gasteiger partial charge < -0.3 is 9.90 Å². The van der Waals surface area contributed by atoms with Crippen LogP contribution in [0.4, 0.5) is 0 Å². The van der Waals surface area contributed by atoms with Crippen LogP contribution in [0.3, 0.4) is 0 Å². The normalized spacial score (nSPS) is 10.4. The standard InChI is InChI=1S/C10H6Cl2N2O2/c11-6-2-1-5(3-7(6)12)8-4-9(10(15)16)14-13-8/h1-4H,(H,13,14)(H,15,16)/p-1. The lowest BCUT2D eigenvalue weighted by molar-refractivity contribution is -0.255. The molecular weight excluding hydrogens is 251 g/mol. The average molecular weight is 256 g/mol. The van der Waals surface area contributed by atoms with Crippen molar-refractivity contribution in [2.24, 2.45) is 0 Å². The molecule has 1 heterocycles. The second kappa shape index (κ2) is 4.15. The highest BCUT2D eigenvalue weighted by molar-refractivity contribution is 6.42. The van der Waals surface area contributed by atoms with Gasteiger partial charge in [-0.2, -0.15) is 5.10 Å². The van der Waals surface area contributed by atoms with Crippen molar-refractivity contribution in [1.29, 1.82) is 0 Å². The minimum atomic E-state index is -1.31. The van der Waals surface area contributed by atoms with Crippen LogP contribution in [0, 0.1) is 0 Å². The predicted octanol–water partition coefficient (Wildman–Crippen LogP) is 1.75. The molecule has 0 aliphatic heterocycles. The topological polar surface area (TPSA) is 68.8 Å². The number of benzene rings is 1. The van der Waals surface area contributed by atoms with Crippen molar-refractivity contribution >= 4 is 29.2 Å². The Hall–Kier alpha value is -1.52. The minimum Gasteiger partial charge on any atom is -0.543 e. The lowest BCUT2D eigenvalue weighted by Gasteiger charge is -1.98. The Balaban J connectivity index is 2.42. The Morgan fingerprint density at radius 3 is 2.56 bits per heavy atom. The van der Waals surface area contributed by atoms with E-state index in [9.17, 15) is 9.90 Å². The van der Waals surface area contributed by atoms with Crippen LogP contribution in [-0.2, 0) is 0 Å². The number of halogens is 2. The van der Waals surface area contributed by atoms with Gasteiger partial charge in [0.1, 0.15) is 0 Å². The Labute approximate surface area is 101 Å². The number of carbonyl (C=O) groups excluding carboxylic acids is 1. The van der Waals surface area contributed by atoms with Crippen LogP contribution in [0.1, 0.15) is 10.5 Å². The molecule has 0 fully saturated rings. The first-order valence-corrected chi connectivity index (χ1v) is 5.05. The summed E-state index contributed by atoms with van der Waals surface area (Å²) in [5.74, 6) is -1.31. The predicted molar refractivity (Wildman–Crippen MR) is 58.4 cm³/mol. The molecule has 0 unspecified atom stereocenters. The molecule has 6 heteroatoms. The summed E-state index contributed by atoms with van der Waals surface area (Å²) in [7, 11) is 0. The van der Waals surface area contributed by atoms with E-state index in [0.717, 1.165) is 0 Å². The number of aromatic carboxylic acids is 1. The fourth-order valence-electron chi connectivity index (χ4n) is 1.23. The lowest BCUT2D eigenvalue weighted by atomic mass is 10.1. The molecule has 0 amide bonds. The number of carboxylic acid groups (broad SMARTS) is 1. The summed E-state index contributed by atoms with van der Waals surface area (Å²) in [6.45, 7) is 0. The van der Waals surface area contributed by atoms with E-state index in [1.807, 2.05) is 0 Å². The molecule has 1 aromatic carbocycles. The fraction of sp³-hybridized carbons (Fsp3) is 0. The second-order valence-corrected chi connectivity index (χ2v) is 3.90. The maximum atomic E-state index is 10.5. The van der Waals surface area contributed by atoms with E-state index in [0.29, 0.717) is 21.3 Å². The third kappa shape index (κ3) is 2.03. The van der Waals surface area contributed by atoms with Crippen molar-refractivity contribution in [2.75, 3.05) is 0 Å². The highest BCUT2D eigenvalue weighted by Crippen LogP contribution is 2.27. The Morgan fingerprint density at radius 2 is 2.00 bits per heavy atom. The minimum absolute atomic E-state index is 0.0823. The van der Waals surface area contributed by atoms with Gasteiger partial charge in [-0.15, -0.1) is 0 Å². The van der Waals surface area contributed by atoms with E-state index >= 15 is 0 Å². The highest BCUT2D eigenvalue weighted by Gasteiger charge is 2.06. The largest absolute Gasteiger partial charge is 0.543 e. The molecule has 2 aromatic rings. The van der Waals surface area contributed by atoms with Gasteiger partial charge in [0.2, 0.25) is 0 Å². The van der Waals surface area contributed by atoms with Crippen LogP contribution >= 0.6 is 23.2 Å². The number of aromatic amines is 1. The van der Waals surface area contributed by atoms with Gasteiger partial charge in [0.25, 0.3) is 0 Å². The van der Waals surface area contributed by atoms with Crippen molar-refractivity contribution in [3.05, 3.63) is 40.0 Å². The van der Waals surface area contributed by atoms with Gasteiger partial charge in [-0.1, -0.05) is 29.3 Å². The van der Waals surface area contributed by atoms with Gasteiger partial charge >= 0.3 is 0 Å². The van der Waals surface area contributed by atoms with Crippen LogP contribution in [0.5, 0.6) is 0 Å². The van der Waals surface area contributed by atoms with Crippen LogP contribution in [-0.4, -0.2) is 16.2 Å². The Bertz CT molecular complexity index is 552. The molecule has 0 atom stereocenters. The summed E-state index contributed by atoms with van der Waals surface area (Å²) in [4.78, 5) is 10.5. The van der Waals surface area contributed by atoms with Crippen LogP contribution in [0.2, 0.25) is 10.0 Å². The number of aromatic nitrogens is 2. The smallest absolute Gasteiger partial charge is 0.0928 e. The molecule has 0 radical (unpaired) electrons. The quantitative estimate of drug-likeness (QED) is 0.889. The zero-order valence-electron chi connectivity index (χ0n) is 7.83. The fourth-order valence-corrected chi connectivity index (χ4v) is 1.53. The SMILES string of the molecule is O=C([O-])c1cc(-c2ccc(Cl)c(Cl)c2)n[nH]1. The third-order valence-electron chi connectivity index (χ3n) is 2.01. The molecule has 82 valence electrons. The zero-order chi connectivity index (χ0) is 11.7. The number of nitrogens with one attached hydrogen (secondary N) is 1. The van der Waals surface area contributed by atoms with Gasteiger partial charge in [-0.25, -0.2) is 0 Å². The number of hydrogen-bond donors (Lipinski definition) is 1. The molecule has 4 nitrogen and oxygen atoms in total. The van der Waals surface area contributed by atoms with Gasteiger partial charge in [-0.3, -0.25) is 5.10 Å². The number of carbonyl (C=O) groups is 1. The van der Waals surface area contributed by atoms with Crippen LogP contribution < -0.4 is 5.11 Å². The molecule has 1 N–H and O–H groups in total. The van der Waals surface area contributed by atoms with Crippen LogP contribution in [0.25, 0.3) is 11.3 Å². The third-order valence-corrected chi connectivity index (χ3v) is 2.75. The first kappa shape index (κ1) is 11.0. The zero-order valence-corrected chi connectivity index (χ0v) is 9.34. The summed E-state index contributed by atoms with van der Waals surface area (Å²) in [5, 5.41) is 17.5. The van der Waals surface area contributed by atoms with E-state index < -0.39 is 5.97 Å². The molecule has 0 saturated heterocycles. The monoisotopic (exact) mass is 255 g/mol. The van der Waals surface area contributed by atoms with Crippen LogP contribution in [0.15, 0.2) is 24.3 Å². The van der Waals surface area contributed by atoms with E-state index in [1.165, 1.54) is 6.07 Å². The van der Waals surface area contributed by atoms with Crippen molar-refractivity contribution in [3.8, 4) is 11.3 Å². The molecule has 1 aromatic heterocycles. The second-order valence-electron chi connectivity index (χ2n) is 3.08. The van der Waals surface area contributed by atoms with Gasteiger partial charge in [0.15, 0.2) is 0 Å². The molecule has 0 saturated carbocycles. The summed E-state index contributed by atoms with van der Waals surface area (Å²) < 4.78 is 0. The number of carboxylic acids is 1. The maximum absolute atomic E-state index is 10.5. The summed E-state index contributed by atoms with van der Waals surface area (Å²) in [5.41, 5.74) is 1.07. The van der Waals surface area contributed by atoms with Gasteiger partial charge in [-0.05, 0) is 18.2 Å². The maximum Gasteiger partial charge on any atom is 0.0928 e. The molecule has 0 aliphatic carbocycles. The first-order valence-electron chi connectivity index (χ1n) is 4.30. The summed E-state index contributed by atoms with van der Waals surface area (Å²) in [6, 6.07) is 6.30. The number of nitrogens with zero attached hydrogens (tertiary/aromatic N) is 1. The highest BCUT2D eigenvalue weighted by atomic mass is 35.5. The van der Waals surface area contributed by atoms with E-state index in [-0.39, 0.29) is 5.69 Å². The first-order chi connectivity index (χ1) is 7.58. The van der Waals surface area contributed by atoms with Crippen molar-refractivity contribution in [3.63, 3.8) is 0 Å². The lowest BCUT2D eigenvalue weighted by Crippen LogP contribution is -2.22. The molecule has 0 spiro atoms. The van der Waals surface area contributed by atoms with Gasteiger partial charge in [0, 0.05) is 5.56 Å². The molecule has 16 heavy (non-hydrogen) atoms. The summed E-state index contributed by atoms with van der Waals surface area (Å²) in [6.07, 6.45) is 0. The van der Waals surface area contributed by atoms with E-state index in [1.54, 1.807) is 18.2 Å². The average Bonchev–Trinajstić information content (AvgIpc) is 2.71. The van der Waals surface area contributed by atoms with Crippen molar-refractivity contribution in [2.45, 2.75) is 0 Å². The van der Waals surface area contributed by atoms with E-state index in [2.05, 4.69) is 10.2 Å². The molecular formula is C10H5Cl2N2O2-.